The van der Waals surface area contributed by atoms with Crippen LogP contribution in [-0.4, -0.2) is 21.9 Å². The van der Waals surface area contributed by atoms with Crippen LogP contribution in [0.5, 0.6) is 0 Å². The van der Waals surface area contributed by atoms with Crippen molar-refractivity contribution >= 4 is 34.5 Å². The third-order valence-electron chi connectivity index (χ3n) is 1.72. The topological polar surface area (TPSA) is 68.0 Å². The highest BCUT2D eigenvalue weighted by molar-refractivity contribution is 7.80. The Morgan fingerprint density at radius 3 is 3.00 bits per heavy atom. The monoisotopic (exact) mass is 229 g/mol. The average Bonchev–Trinajstić information content (AvgIpc) is 2.65. The van der Waals surface area contributed by atoms with Gasteiger partial charge in [0.15, 0.2) is 0 Å². The molecule has 1 unspecified atom stereocenters. The number of thiazole rings is 1. The van der Waals surface area contributed by atoms with E-state index < -0.39 is 0 Å². The zero-order valence-electron chi connectivity index (χ0n) is 7.69. The summed E-state index contributed by atoms with van der Waals surface area (Å²) < 4.78 is 0. The van der Waals surface area contributed by atoms with Crippen LogP contribution in [0.2, 0.25) is 0 Å². The number of aromatic nitrogens is 1. The molecule has 0 aliphatic carbocycles. The molecule has 0 aliphatic heterocycles. The number of nitrogens with one attached hydrogen (secondary N) is 1. The van der Waals surface area contributed by atoms with E-state index in [2.05, 4.69) is 10.3 Å². The summed E-state index contributed by atoms with van der Waals surface area (Å²) in [6.45, 7) is 1.91. The van der Waals surface area contributed by atoms with Gasteiger partial charge in [0.25, 0.3) is 5.91 Å². The van der Waals surface area contributed by atoms with Crippen molar-refractivity contribution in [3.8, 4) is 0 Å². The number of hydrogen-bond acceptors (Lipinski definition) is 4. The van der Waals surface area contributed by atoms with E-state index in [0.717, 1.165) is 0 Å². The Morgan fingerprint density at radius 2 is 2.57 bits per heavy atom. The van der Waals surface area contributed by atoms with Gasteiger partial charge in [0.05, 0.1) is 16.5 Å². The van der Waals surface area contributed by atoms with Gasteiger partial charge in [-0.1, -0.05) is 19.1 Å². The molecule has 0 radical (unpaired) electrons. The van der Waals surface area contributed by atoms with Crippen LogP contribution in [-0.2, 0) is 0 Å². The fourth-order valence-electron chi connectivity index (χ4n) is 0.931. The number of amides is 1. The molecule has 0 spiro atoms. The Morgan fingerprint density at radius 1 is 1.86 bits per heavy atom. The number of nitrogens with two attached hydrogens (primary N) is 1. The maximum absolute atomic E-state index is 11.5. The first-order chi connectivity index (χ1) is 6.65. The van der Waals surface area contributed by atoms with Gasteiger partial charge in [-0.25, -0.2) is 4.98 Å². The normalized spacial score (nSPS) is 12.1. The molecule has 1 rings (SSSR count). The van der Waals surface area contributed by atoms with Crippen LogP contribution < -0.4 is 11.1 Å². The second kappa shape index (κ2) is 5.02. The van der Waals surface area contributed by atoms with Crippen LogP contribution in [0.25, 0.3) is 0 Å². The maximum Gasteiger partial charge on any atom is 0.271 e. The first-order valence-corrected chi connectivity index (χ1v) is 5.48. The molecule has 76 valence electrons. The van der Waals surface area contributed by atoms with Crippen LogP contribution >= 0.6 is 23.6 Å². The first-order valence-electron chi connectivity index (χ1n) is 4.13. The van der Waals surface area contributed by atoms with Crippen LogP contribution in [0.4, 0.5) is 0 Å². The summed E-state index contributed by atoms with van der Waals surface area (Å²) >= 11 is 6.18. The van der Waals surface area contributed by atoms with Gasteiger partial charge in [0, 0.05) is 5.38 Å². The fraction of sp³-hybridized carbons (Fsp3) is 0.375. The van der Waals surface area contributed by atoms with Crippen molar-refractivity contribution in [2.75, 3.05) is 0 Å². The number of rotatable bonds is 4. The molecule has 4 nitrogen and oxygen atoms in total. The van der Waals surface area contributed by atoms with Crippen LogP contribution in [0, 0.1) is 0 Å². The van der Waals surface area contributed by atoms with Crippen molar-refractivity contribution in [1.82, 2.24) is 10.3 Å². The minimum Gasteiger partial charge on any atom is -0.392 e. The van der Waals surface area contributed by atoms with E-state index in [1.165, 1.54) is 11.3 Å². The molecule has 0 aromatic carbocycles. The predicted octanol–water partition coefficient (Wildman–Crippen LogP) is 0.938. The number of hydrogen-bond donors (Lipinski definition) is 2. The van der Waals surface area contributed by atoms with Gasteiger partial charge >= 0.3 is 0 Å². The van der Waals surface area contributed by atoms with E-state index >= 15 is 0 Å². The Kier molecular flexibility index (Phi) is 3.97. The summed E-state index contributed by atoms with van der Waals surface area (Å²) in [5.41, 5.74) is 7.46. The van der Waals surface area contributed by atoms with E-state index in [0.29, 0.717) is 17.1 Å². The lowest BCUT2D eigenvalue weighted by Crippen LogP contribution is -2.43. The van der Waals surface area contributed by atoms with Crippen molar-refractivity contribution in [2.45, 2.75) is 19.4 Å². The van der Waals surface area contributed by atoms with E-state index in [1.54, 1.807) is 10.9 Å². The number of thiocarbonyl (C=S) groups is 1. The van der Waals surface area contributed by atoms with E-state index in [1.807, 2.05) is 6.92 Å². The fourth-order valence-corrected chi connectivity index (χ4v) is 1.69. The average molecular weight is 229 g/mol. The molecule has 0 fully saturated rings. The summed E-state index contributed by atoms with van der Waals surface area (Å²) in [5.74, 6) is -0.231. The number of carbonyl (C=O) groups is 1. The second-order valence-electron chi connectivity index (χ2n) is 2.71. The highest BCUT2D eigenvalue weighted by atomic mass is 32.1. The zero-order chi connectivity index (χ0) is 10.6. The predicted molar refractivity (Wildman–Crippen MR) is 60.4 cm³/mol. The molecule has 0 saturated carbocycles. The van der Waals surface area contributed by atoms with E-state index in [4.69, 9.17) is 18.0 Å². The van der Waals surface area contributed by atoms with Crippen molar-refractivity contribution in [2.24, 2.45) is 5.73 Å². The van der Waals surface area contributed by atoms with E-state index in [9.17, 15) is 4.79 Å². The van der Waals surface area contributed by atoms with Gasteiger partial charge in [0.2, 0.25) is 0 Å². The van der Waals surface area contributed by atoms with Crippen LogP contribution in [0.3, 0.4) is 0 Å². The lowest BCUT2D eigenvalue weighted by Gasteiger charge is -2.13. The van der Waals surface area contributed by atoms with Gasteiger partial charge in [0.1, 0.15) is 5.69 Å². The van der Waals surface area contributed by atoms with Gasteiger partial charge < -0.3 is 11.1 Å². The van der Waals surface area contributed by atoms with Gasteiger partial charge in [-0.3, -0.25) is 4.79 Å². The molecular weight excluding hydrogens is 218 g/mol. The molecule has 14 heavy (non-hydrogen) atoms. The molecule has 3 N–H and O–H groups in total. The summed E-state index contributed by atoms with van der Waals surface area (Å²) in [6.07, 6.45) is 0.686. The van der Waals surface area contributed by atoms with Crippen molar-refractivity contribution in [3.63, 3.8) is 0 Å². The molecule has 1 amide bonds. The molecule has 1 atom stereocenters. The second-order valence-corrected chi connectivity index (χ2v) is 3.90. The largest absolute Gasteiger partial charge is 0.392 e. The third kappa shape index (κ3) is 2.74. The smallest absolute Gasteiger partial charge is 0.271 e. The SMILES string of the molecule is CCC(NC(=O)c1cscn1)C(N)=S. The number of carbonyl (C=O) groups excluding carboxylic acids is 1. The van der Waals surface area contributed by atoms with Crippen molar-refractivity contribution in [3.05, 3.63) is 16.6 Å². The summed E-state index contributed by atoms with van der Waals surface area (Å²) in [7, 11) is 0. The van der Waals surface area contributed by atoms with Crippen molar-refractivity contribution < 1.29 is 4.79 Å². The summed E-state index contributed by atoms with van der Waals surface area (Å²) in [6, 6.07) is -0.251. The Balaban J connectivity index is 2.60. The molecule has 1 aromatic rings. The molecule has 1 aromatic heterocycles. The Labute approximate surface area is 91.5 Å². The Hall–Kier alpha value is -1.01. The Bertz CT molecular complexity index is 323. The van der Waals surface area contributed by atoms with Crippen molar-refractivity contribution in [1.29, 1.82) is 0 Å². The first kappa shape index (κ1) is 11.1. The van der Waals surface area contributed by atoms with E-state index in [-0.39, 0.29) is 11.9 Å². The minimum atomic E-state index is -0.251. The summed E-state index contributed by atoms with van der Waals surface area (Å²) in [5, 5.41) is 4.39. The maximum atomic E-state index is 11.5. The quantitative estimate of drug-likeness (QED) is 0.754. The molecular formula is C8H11N3OS2. The lowest BCUT2D eigenvalue weighted by molar-refractivity contribution is 0.0942. The molecule has 1 heterocycles. The van der Waals surface area contributed by atoms with Gasteiger partial charge in [-0.15, -0.1) is 11.3 Å². The minimum absolute atomic E-state index is 0.231. The van der Waals surface area contributed by atoms with Gasteiger partial charge in [-0.05, 0) is 6.42 Å². The third-order valence-corrected chi connectivity index (χ3v) is 2.59. The zero-order valence-corrected chi connectivity index (χ0v) is 9.32. The standard InChI is InChI=1S/C8H11N3OS2/c1-2-5(7(9)13)11-8(12)6-3-14-4-10-6/h3-5H,2H2,1H3,(H2,9,13)(H,11,12). The molecule has 6 heteroatoms. The molecule has 0 saturated heterocycles. The molecule has 0 aliphatic rings. The number of nitrogens with zero attached hydrogens (tertiary/aromatic N) is 1. The van der Waals surface area contributed by atoms with Crippen LogP contribution in [0.15, 0.2) is 10.9 Å². The van der Waals surface area contributed by atoms with Gasteiger partial charge in [-0.2, -0.15) is 0 Å². The highest BCUT2D eigenvalue weighted by Gasteiger charge is 2.14. The summed E-state index contributed by atoms with van der Waals surface area (Å²) in [4.78, 5) is 15.7. The van der Waals surface area contributed by atoms with Crippen LogP contribution in [0.1, 0.15) is 23.8 Å². The molecule has 0 bridgehead atoms. The highest BCUT2D eigenvalue weighted by Crippen LogP contribution is 2.02. The lowest BCUT2D eigenvalue weighted by atomic mass is 10.2.